The summed E-state index contributed by atoms with van der Waals surface area (Å²) >= 11 is 0. The summed E-state index contributed by atoms with van der Waals surface area (Å²) < 4.78 is 5.44. The number of para-hydroxylation sites is 1. The number of morpholine rings is 1. The Morgan fingerprint density at radius 2 is 1.78 bits per heavy atom. The van der Waals surface area contributed by atoms with Gasteiger partial charge in [0.1, 0.15) is 0 Å². The summed E-state index contributed by atoms with van der Waals surface area (Å²) in [5.41, 5.74) is 4.69. The van der Waals surface area contributed by atoms with E-state index in [1.54, 1.807) is 0 Å². The van der Waals surface area contributed by atoms with Crippen molar-refractivity contribution in [3.8, 4) is 6.07 Å². The van der Waals surface area contributed by atoms with E-state index in [1.807, 2.05) is 24.3 Å². The molecule has 118 valence electrons. The lowest BCUT2D eigenvalue weighted by molar-refractivity contribution is 0.122. The number of nitrogens with zero attached hydrogens (tertiary/aromatic N) is 2. The van der Waals surface area contributed by atoms with Gasteiger partial charge in [-0.25, -0.2) is 0 Å². The number of hydrogen-bond acceptors (Lipinski definition) is 4. The van der Waals surface area contributed by atoms with Crippen LogP contribution in [-0.4, -0.2) is 26.3 Å². The van der Waals surface area contributed by atoms with E-state index in [-0.39, 0.29) is 0 Å². The fourth-order valence-electron chi connectivity index (χ4n) is 2.80. The molecule has 2 aromatic rings. The largest absolute Gasteiger partial charge is 0.381 e. The molecule has 1 aliphatic rings. The minimum absolute atomic E-state index is 0.458. The Morgan fingerprint density at radius 1 is 1.04 bits per heavy atom. The fourth-order valence-corrected chi connectivity index (χ4v) is 2.80. The summed E-state index contributed by atoms with van der Waals surface area (Å²) in [6.07, 6.45) is 0.458. The van der Waals surface area contributed by atoms with Crippen LogP contribution in [0.4, 0.5) is 11.4 Å². The minimum atomic E-state index is 0.458. The Bertz CT molecular complexity index is 670. The molecule has 4 heteroatoms. The van der Waals surface area contributed by atoms with E-state index in [4.69, 9.17) is 10.00 Å². The van der Waals surface area contributed by atoms with Gasteiger partial charge >= 0.3 is 0 Å². The third kappa shape index (κ3) is 4.02. The molecule has 0 aromatic heterocycles. The molecule has 0 spiro atoms. The van der Waals surface area contributed by atoms with Gasteiger partial charge in [-0.05, 0) is 29.3 Å². The molecule has 23 heavy (non-hydrogen) atoms. The highest BCUT2D eigenvalue weighted by Crippen LogP contribution is 2.22. The third-order valence-corrected chi connectivity index (χ3v) is 4.06. The first kappa shape index (κ1) is 15.4. The van der Waals surface area contributed by atoms with Gasteiger partial charge < -0.3 is 15.0 Å². The zero-order valence-electron chi connectivity index (χ0n) is 13.2. The smallest absolute Gasteiger partial charge is 0.0669 e. The maximum Gasteiger partial charge on any atom is 0.0669 e. The fraction of sp³-hybridized carbons (Fsp3) is 0.316. The lowest BCUT2D eigenvalue weighted by atomic mass is 10.1. The Balaban J connectivity index is 1.67. The second kappa shape index (κ2) is 7.66. The van der Waals surface area contributed by atoms with E-state index < -0.39 is 0 Å². The molecule has 1 heterocycles. The molecule has 2 aromatic carbocycles. The van der Waals surface area contributed by atoms with Gasteiger partial charge in [0.05, 0.1) is 25.7 Å². The molecule has 0 radical (unpaired) electrons. The zero-order valence-corrected chi connectivity index (χ0v) is 13.2. The lowest BCUT2D eigenvalue weighted by Gasteiger charge is -2.30. The predicted octanol–water partition coefficient (Wildman–Crippen LogP) is 3.20. The van der Waals surface area contributed by atoms with E-state index in [0.717, 1.165) is 44.1 Å². The molecule has 0 amide bonds. The van der Waals surface area contributed by atoms with Crippen LogP contribution in [0.3, 0.4) is 0 Å². The van der Waals surface area contributed by atoms with Crippen molar-refractivity contribution < 1.29 is 4.74 Å². The van der Waals surface area contributed by atoms with Crippen LogP contribution < -0.4 is 10.2 Å². The molecule has 1 saturated heterocycles. The van der Waals surface area contributed by atoms with E-state index in [1.165, 1.54) is 11.3 Å². The molecule has 0 saturated carbocycles. The number of hydrogen-bond donors (Lipinski definition) is 1. The number of benzene rings is 2. The van der Waals surface area contributed by atoms with Gasteiger partial charge in [-0.1, -0.05) is 30.3 Å². The van der Waals surface area contributed by atoms with E-state index in [9.17, 15) is 0 Å². The summed E-state index contributed by atoms with van der Waals surface area (Å²) in [6, 6.07) is 18.7. The molecular formula is C19H21N3O. The normalized spacial score (nSPS) is 14.3. The Hall–Kier alpha value is -2.51. The minimum Gasteiger partial charge on any atom is -0.381 e. The quantitative estimate of drug-likeness (QED) is 0.921. The first-order chi connectivity index (χ1) is 11.4. The van der Waals surface area contributed by atoms with E-state index in [0.29, 0.717) is 6.42 Å². The monoisotopic (exact) mass is 307 g/mol. The number of ether oxygens (including phenoxy) is 1. The molecule has 0 unspecified atom stereocenters. The van der Waals surface area contributed by atoms with Crippen molar-refractivity contribution in [2.45, 2.75) is 13.0 Å². The molecule has 1 N–H and O–H groups in total. The van der Waals surface area contributed by atoms with Crippen molar-refractivity contribution in [1.82, 2.24) is 0 Å². The molecule has 0 bridgehead atoms. The summed E-state index contributed by atoms with van der Waals surface area (Å²) in [5, 5.41) is 12.2. The summed E-state index contributed by atoms with van der Waals surface area (Å²) in [6.45, 7) is 4.26. The first-order valence-corrected chi connectivity index (χ1v) is 7.97. The van der Waals surface area contributed by atoms with Crippen molar-refractivity contribution in [3.63, 3.8) is 0 Å². The van der Waals surface area contributed by atoms with Crippen LogP contribution in [0.2, 0.25) is 0 Å². The molecule has 4 nitrogen and oxygen atoms in total. The predicted molar refractivity (Wildman–Crippen MR) is 92.6 cm³/mol. The van der Waals surface area contributed by atoms with Gasteiger partial charge in [-0.3, -0.25) is 0 Å². The number of rotatable bonds is 5. The maximum absolute atomic E-state index is 8.72. The van der Waals surface area contributed by atoms with Crippen LogP contribution >= 0.6 is 0 Å². The molecule has 1 aliphatic heterocycles. The van der Waals surface area contributed by atoms with Crippen LogP contribution in [0.15, 0.2) is 48.5 Å². The lowest BCUT2D eigenvalue weighted by Crippen LogP contribution is -2.36. The van der Waals surface area contributed by atoms with E-state index in [2.05, 4.69) is 40.6 Å². The molecule has 0 atom stereocenters. The zero-order chi connectivity index (χ0) is 15.9. The topological polar surface area (TPSA) is 48.3 Å². The third-order valence-electron chi connectivity index (χ3n) is 4.06. The average Bonchev–Trinajstić information content (AvgIpc) is 2.62. The van der Waals surface area contributed by atoms with Crippen molar-refractivity contribution in [2.24, 2.45) is 0 Å². The number of nitriles is 1. The van der Waals surface area contributed by atoms with Crippen LogP contribution in [0.5, 0.6) is 0 Å². The number of nitrogens with one attached hydrogen (secondary N) is 1. The Kier molecular flexibility index (Phi) is 5.13. The standard InChI is InChI=1S/C19H21N3O/c20-10-9-16-5-7-18(8-6-16)21-15-17-3-1-2-4-19(17)22-11-13-23-14-12-22/h1-8,21H,9,11-15H2. The van der Waals surface area contributed by atoms with Gasteiger partial charge in [0.15, 0.2) is 0 Å². The van der Waals surface area contributed by atoms with Crippen molar-refractivity contribution in [1.29, 1.82) is 5.26 Å². The van der Waals surface area contributed by atoms with Crippen molar-refractivity contribution in [3.05, 3.63) is 59.7 Å². The highest BCUT2D eigenvalue weighted by molar-refractivity contribution is 5.56. The van der Waals surface area contributed by atoms with Crippen molar-refractivity contribution >= 4 is 11.4 Å². The molecular weight excluding hydrogens is 286 g/mol. The van der Waals surface area contributed by atoms with Gasteiger partial charge in [0, 0.05) is 31.0 Å². The van der Waals surface area contributed by atoms with Gasteiger partial charge in [0.2, 0.25) is 0 Å². The maximum atomic E-state index is 8.72. The van der Waals surface area contributed by atoms with Gasteiger partial charge in [0.25, 0.3) is 0 Å². The second-order valence-electron chi connectivity index (χ2n) is 5.61. The summed E-state index contributed by atoms with van der Waals surface area (Å²) in [7, 11) is 0. The van der Waals surface area contributed by atoms with Gasteiger partial charge in [-0.15, -0.1) is 0 Å². The highest BCUT2D eigenvalue weighted by Gasteiger charge is 2.14. The SMILES string of the molecule is N#CCc1ccc(NCc2ccccc2N2CCOCC2)cc1. The van der Waals surface area contributed by atoms with Crippen LogP contribution in [0, 0.1) is 11.3 Å². The molecule has 0 aliphatic carbocycles. The molecule has 1 fully saturated rings. The number of anilines is 2. The van der Waals surface area contributed by atoms with Crippen molar-refractivity contribution in [2.75, 3.05) is 36.5 Å². The van der Waals surface area contributed by atoms with Crippen LogP contribution in [-0.2, 0) is 17.7 Å². The second-order valence-corrected chi connectivity index (χ2v) is 5.61. The first-order valence-electron chi connectivity index (χ1n) is 7.97. The Morgan fingerprint density at radius 3 is 2.52 bits per heavy atom. The van der Waals surface area contributed by atoms with Crippen LogP contribution in [0.25, 0.3) is 0 Å². The van der Waals surface area contributed by atoms with Gasteiger partial charge in [-0.2, -0.15) is 5.26 Å². The highest BCUT2D eigenvalue weighted by atomic mass is 16.5. The summed E-state index contributed by atoms with van der Waals surface area (Å²) in [5.74, 6) is 0. The summed E-state index contributed by atoms with van der Waals surface area (Å²) in [4.78, 5) is 2.39. The molecule has 3 rings (SSSR count). The Labute approximate surface area is 137 Å². The van der Waals surface area contributed by atoms with Crippen LogP contribution in [0.1, 0.15) is 11.1 Å². The average molecular weight is 307 g/mol. The van der Waals surface area contributed by atoms with E-state index >= 15 is 0 Å².